The maximum Gasteiger partial charge on any atom is 0.225 e. The maximum atomic E-state index is 6.18. The monoisotopic (exact) mass is 262 g/mol. The summed E-state index contributed by atoms with van der Waals surface area (Å²) in [5.74, 6) is 0.840. The van der Waals surface area contributed by atoms with E-state index in [9.17, 15) is 0 Å². The van der Waals surface area contributed by atoms with Gasteiger partial charge in [0.05, 0.1) is 5.69 Å². The van der Waals surface area contributed by atoms with Crippen LogP contribution in [0.15, 0.2) is 12.3 Å². The summed E-state index contributed by atoms with van der Waals surface area (Å²) in [4.78, 5) is 11.4. The molecule has 0 aromatic carbocycles. The lowest BCUT2D eigenvalue weighted by Crippen LogP contribution is -2.53. The van der Waals surface area contributed by atoms with E-state index in [0.717, 1.165) is 31.2 Å². The molecule has 1 fully saturated rings. The fourth-order valence-electron chi connectivity index (χ4n) is 2.46. The number of piperidine rings is 1. The Morgan fingerprint density at radius 1 is 1.37 bits per heavy atom. The average molecular weight is 262 g/mol. The number of aromatic nitrogens is 2. The van der Waals surface area contributed by atoms with Crippen LogP contribution < -0.4 is 10.6 Å². The fraction of sp³-hybridized carbons (Fsp3) is 0.733. The molecule has 2 N–H and O–H groups in total. The van der Waals surface area contributed by atoms with E-state index >= 15 is 0 Å². The lowest BCUT2D eigenvalue weighted by atomic mass is 9.80. The highest BCUT2D eigenvalue weighted by Crippen LogP contribution is 2.30. The average Bonchev–Trinajstić information content (AvgIpc) is 2.32. The lowest BCUT2D eigenvalue weighted by molar-refractivity contribution is 0.243. The van der Waals surface area contributed by atoms with E-state index in [1.165, 1.54) is 0 Å². The van der Waals surface area contributed by atoms with E-state index in [1.807, 2.05) is 12.3 Å². The Hall–Kier alpha value is -1.16. The van der Waals surface area contributed by atoms with Gasteiger partial charge in [-0.15, -0.1) is 0 Å². The molecule has 4 heteroatoms. The van der Waals surface area contributed by atoms with E-state index in [-0.39, 0.29) is 16.9 Å². The van der Waals surface area contributed by atoms with Gasteiger partial charge in [-0.1, -0.05) is 34.6 Å². The van der Waals surface area contributed by atoms with Crippen molar-refractivity contribution in [1.29, 1.82) is 0 Å². The molecular formula is C15H26N4. The van der Waals surface area contributed by atoms with Crippen molar-refractivity contribution < 1.29 is 0 Å². The molecule has 0 radical (unpaired) electrons. The molecule has 0 spiro atoms. The molecule has 106 valence electrons. The Morgan fingerprint density at radius 3 is 2.63 bits per heavy atom. The van der Waals surface area contributed by atoms with Crippen molar-refractivity contribution in [1.82, 2.24) is 9.97 Å². The molecule has 1 aromatic rings. The molecule has 1 saturated heterocycles. The summed E-state index contributed by atoms with van der Waals surface area (Å²) in [7, 11) is 0. The number of hydrogen-bond acceptors (Lipinski definition) is 4. The smallest absolute Gasteiger partial charge is 0.225 e. The first kappa shape index (κ1) is 14.3. The Labute approximate surface area is 116 Å². The van der Waals surface area contributed by atoms with Gasteiger partial charge in [-0.05, 0) is 17.9 Å². The van der Waals surface area contributed by atoms with Gasteiger partial charge in [0.1, 0.15) is 0 Å². The molecule has 1 atom stereocenters. The summed E-state index contributed by atoms with van der Waals surface area (Å²) in [5, 5.41) is 0. The number of rotatable bonds is 1. The van der Waals surface area contributed by atoms with Crippen molar-refractivity contribution in [3.63, 3.8) is 0 Å². The van der Waals surface area contributed by atoms with Crippen LogP contribution in [0.5, 0.6) is 0 Å². The quantitative estimate of drug-likeness (QED) is 0.844. The number of anilines is 1. The molecule has 1 aromatic heterocycles. The number of hydrogen-bond donors (Lipinski definition) is 1. The van der Waals surface area contributed by atoms with Gasteiger partial charge in [0.2, 0.25) is 5.95 Å². The van der Waals surface area contributed by atoms with Crippen LogP contribution in [0.3, 0.4) is 0 Å². The topological polar surface area (TPSA) is 55.0 Å². The molecule has 4 nitrogen and oxygen atoms in total. The minimum atomic E-state index is 0.0550. The van der Waals surface area contributed by atoms with Gasteiger partial charge < -0.3 is 10.6 Å². The highest BCUT2D eigenvalue weighted by atomic mass is 15.3. The van der Waals surface area contributed by atoms with Gasteiger partial charge in [-0.2, -0.15) is 0 Å². The normalized spacial score (nSPS) is 23.5. The third-order valence-corrected chi connectivity index (χ3v) is 4.01. The van der Waals surface area contributed by atoms with E-state index in [1.54, 1.807) is 0 Å². The second kappa shape index (κ2) is 4.75. The van der Waals surface area contributed by atoms with Gasteiger partial charge in [0, 0.05) is 30.7 Å². The van der Waals surface area contributed by atoms with Gasteiger partial charge in [0.25, 0.3) is 0 Å². The number of nitrogens with zero attached hydrogens (tertiary/aromatic N) is 3. The SMILES string of the molecule is CC(C)(C)c1ccnc(N2CCC(N)C(C)(C)C2)n1. The molecule has 19 heavy (non-hydrogen) atoms. The molecule has 0 saturated carbocycles. The standard InChI is InChI=1S/C15H26N4/c1-14(2,3)12-6-8-17-13(18-12)19-9-7-11(16)15(4,5)10-19/h6,8,11H,7,9-10,16H2,1-5H3. The first-order chi connectivity index (χ1) is 8.70. The van der Waals surface area contributed by atoms with E-state index < -0.39 is 0 Å². The Bertz CT molecular complexity index is 448. The van der Waals surface area contributed by atoms with Crippen LogP contribution in [0.1, 0.15) is 46.7 Å². The largest absolute Gasteiger partial charge is 0.340 e. The molecule has 1 unspecified atom stereocenters. The van der Waals surface area contributed by atoms with Crippen molar-refractivity contribution in [3.8, 4) is 0 Å². The minimum Gasteiger partial charge on any atom is -0.340 e. The van der Waals surface area contributed by atoms with E-state index in [4.69, 9.17) is 10.7 Å². The van der Waals surface area contributed by atoms with Crippen LogP contribution in [-0.4, -0.2) is 29.1 Å². The van der Waals surface area contributed by atoms with Gasteiger partial charge in [-0.3, -0.25) is 0 Å². The Morgan fingerprint density at radius 2 is 2.05 bits per heavy atom. The molecule has 2 rings (SSSR count). The maximum absolute atomic E-state index is 6.18. The van der Waals surface area contributed by atoms with E-state index in [2.05, 4.69) is 44.5 Å². The molecule has 1 aliphatic heterocycles. The first-order valence-electron chi connectivity index (χ1n) is 7.04. The predicted molar refractivity (Wildman–Crippen MR) is 79.3 cm³/mol. The molecular weight excluding hydrogens is 236 g/mol. The summed E-state index contributed by atoms with van der Waals surface area (Å²) < 4.78 is 0. The Kier molecular flexibility index (Phi) is 3.56. The third kappa shape index (κ3) is 3.06. The summed E-state index contributed by atoms with van der Waals surface area (Å²) in [6.07, 6.45) is 2.86. The van der Waals surface area contributed by atoms with Crippen molar-refractivity contribution in [2.45, 2.75) is 52.5 Å². The Balaban J connectivity index is 2.24. The molecule has 0 amide bonds. The second-order valence-electron chi connectivity index (χ2n) is 7.30. The van der Waals surface area contributed by atoms with Crippen molar-refractivity contribution in [2.24, 2.45) is 11.1 Å². The molecule has 1 aliphatic rings. The lowest BCUT2D eigenvalue weighted by Gasteiger charge is -2.42. The zero-order valence-corrected chi connectivity index (χ0v) is 12.8. The van der Waals surface area contributed by atoms with Crippen molar-refractivity contribution >= 4 is 5.95 Å². The predicted octanol–water partition coefficient (Wildman–Crippen LogP) is 2.34. The van der Waals surface area contributed by atoms with Crippen LogP contribution in [0.2, 0.25) is 0 Å². The minimum absolute atomic E-state index is 0.0550. The summed E-state index contributed by atoms with van der Waals surface area (Å²) in [6, 6.07) is 2.26. The van der Waals surface area contributed by atoms with Gasteiger partial charge in [0.15, 0.2) is 0 Å². The van der Waals surface area contributed by atoms with Gasteiger partial charge >= 0.3 is 0 Å². The fourth-order valence-corrected chi connectivity index (χ4v) is 2.46. The molecule has 0 aliphatic carbocycles. The van der Waals surface area contributed by atoms with Crippen LogP contribution in [-0.2, 0) is 5.41 Å². The summed E-state index contributed by atoms with van der Waals surface area (Å²) >= 11 is 0. The molecule has 2 heterocycles. The van der Waals surface area contributed by atoms with Crippen LogP contribution in [0.25, 0.3) is 0 Å². The summed E-state index contributed by atoms with van der Waals surface area (Å²) in [5.41, 5.74) is 7.44. The highest BCUT2D eigenvalue weighted by molar-refractivity contribution is 5.33. The summed E-state index contributed by atoms with van der Waals surface area (Å²) in [6.45, 7) is 12.8. The third-order valence-electron chi connectivity index (χ3n) is 4.01. The van der Waals surface area contributed by atoms with Crippen molar-refractivity contribution in [2.75, 3.05) is 18.0 Å². The van der Waals surface area contributed by atoms with Crippen LogP contribution in [0, 0.1) is 5.41 Å². The van der Waals surface area contributed by atoms with Gasteiger partial charge in [-0.25, -0.2) is 9.97 Å². The highest BCUT2D eigenvalue weighted by Gasteiger charge is 2.34. The first-order valence-corrected chi connectivity index (χ1v) is 7.04. The van der Waals surface area contributed by atoms with Crippen LogP contribution in [0.4, 0.5) is 5.95 Å². The van der Waals surface area contributed by atoms with Crippen LogP contribution >= 0.6 is 0 Å². The molecule has 0 bridgehead atoms. The zero-order valence-electron chi connectivity index (χ0n) is 12.8. The van der Waals surface area contributed by atoms with Crippen molar-refractivity contribution in [3.05, 3.63) is 18.0 Å². The number of nitrogens with two attached hydrogens (primary N) is 1. The van der Waals surface area contributed by atoms with E-state index in [0.29, 0.717) is 0 Å². The zero-order chi connectivity index (χ0) is 14.3. The second-order valence-corrected chi connectivity index (χ2v) is 7.30.